The van der Waals surface area contributed by atoms with Crippen molar-refractivity contribution in [2.75, 3.05) is 7.11 Å². The smallest absolute Gasteiger partial charge is 0.328 e. The minimum atomic E-state index is -1.13. The average molecular weight is 411 g/mol. The topological polar surface area (TPSA) is 84.9 Å². The van der Waals surface area contributed by atoms with Crippen LogP contribution < -0.4 is 10.1 Å². The van der Waals surface area contributed by atoms with Gasteiger partial charge in [-0.1, -0.05) is 30.3 Å². The van der Waals surface area contributed by atoms with Gasteiger partial charge in [0.1, 0.15) is 17.5 Å². The van der Waals surface area contributed by atoms with E-state index in [4.69, 9.17) is 9.47 Å². The number of aromatic hydroxyl groups is 1. The Hall–Kier alpha value is -3.02. The number of hydrogen-bond acceptors (Lipinski definition) is 5. The molecule has 0 bridgehead atoms. The molecule has 0 radical (unpaired) electrons. The van der Waals surface area contributed by atoms with Gasteiger partial charge in [0.2, 0.25) is 0 Å². The van der Waals surface area contributed by atoms with Gasteiger partial charge in [0.15, 0.2) is 5.60 Å². The van der Waals surface area contributed by atoms with E-state index in [1.54, 1.807) is 6.92 Å². The minimum Gasteiger partial charge on any atom is -0.507 e. The summed E-state index contributed by atoms with van der Waals surface area (Å²) in [4.78, 5) is 25.5. The molecule has 2 N–H and O–H groups in total. The molecule has 0 saturated carbocycles. The number of hydrogen-bond donors (Lipinski definition) is 2. The monoisotopic (exact) mass is 411 g/mol. The first-order valence-electron chi connectivity index (χ1n) is 10.1. The van der Waals surface area contributed by atoms with E-state index in [1.807, 2.05) is 51.1 Å². The van der Waals surface area contributed by atoms with Crippen LogP contribution in [-0.2, 0) is 27.2 Å². The van der Waals surface area contributed by atoms with Crippen LogP contribution in [-0.4, -0.2) is 35.7 Å². The molecule has 1 amide bonds. The lowest BCUT2D eigenvalue weighted by molar-refractivity contribution is -0.148. The Balaban J connectivity index is 1.84. The maximum Gasteiger partial charge on any atom is 0.328 e. The summed E-state index contributed by atoms with van der Waals surface area (Å²) in [5.41, 5.74) is 3.07. The molecule has 3 rings (SSSR count). The van der Waals surface area contributed by atoms with Crippen molar-refractivity contribution in [3.8, 4) is 11.5 Å². The first-order valence-corrected chi connectivity index (χ1v) is 10.1. The first kappa shape index (κ1) is 21.7. The molecule has 6 heteroatoms. The molecule has 0 saturated heterocycles. The van der Waals surface area contributed by atoms with Crippen molar-refractivity contribution in [2.45, 2.75) is 58.6 Å². The maximum absolute atomic E-state index is 13.2. The fourth-order valence-corrected chi connectivity index (χ4v) is 3.90. The third kappa shape index (κ3) is 3.99. The zero-order valence-corrected chi connectivity index (χ0v) is 18.2. The molecular weight excluding hydrogens is 382 g/mol. The fourth-order valence-electron chi connectivity index (χ4n) is 3.90. The molecule has 0 aromatic heterocycles. The van der Waals surface area contributed by atoms with Gasteiger partial charge in [-0.05, 0) is 56.4 Å². The van der Waals surface area contributed by atoms with E-state index < -0.39 is 17.6 Å². The summed E-state index contributed by atoms with van der Waals surface area (Å²) < 4.78 is 11.1. The summed E-state index contributed by atoms with van der Waals surface area (Å²) in [6.07, 6.45) is 1.37. The van der Waals surface area contributed by atoms with E-state index in [1.165, 1.54) is 7.11 Å². The molecule has 2 aromatic carbocycles. The number of phenolic OH excluding ortho intramolecular Hbond substituents is 1. The molecule has 160 valence electrons. The van der Waals surface area contributed by atoms with Crippen molar-refractivity contribution in [1.82, 2.24) is 5.32 Å². The zero-order valence-electron chi connectivity index (χ0n) is 18.2. The molecule has 1 aliphatic rings. The quantitative estimate of drug-likeness (QED) is 0.738. The molecule has 1 aliphatic heterocycles. The van der Waals surface area contributed by atoms with E-state index in [9.17, 15) is 14.7 Å². The Morgan fingerprint density at radius 2 is 1.83 bits per heavy atom. The van der Waals surface area contributed by atoms with Crippen LogP contribution in [0, 0.1) is 20.8 Å². The standard InChI is InChI=1S/C24H29NO5/c1-14-15(2)21-18(16(3)20(14)26)11-12-24(4,30-21)23(28)25-19(22(27)29-5)13-17-9-7-6-8-10-17/h6-10,19,26H,11-13H2,1-5H3,(H,25,28)/t19-,24+/m1/s1. The van der Waals surface area contributed by atoms with Gasteiger partial charge in [-0.15, -0.1) is 0 Å². The highest BCUT2D eigenvalue weighted by molar-refractivity contribution is 5.90. The molecular formula is C24H29NO5. The third-order valence-electron chi connectivity index (χ3n) is 6.07. The summed E-state index contributed by atoms with van der Waals surface area (Å²) in [5, 5.41) is 13.2. The zero-order chi connectivity index (χ0) is 22.1. The van der Waals surface area contributed by atoms with Gasteiger partial charge in [0, 0.05) is 18.4 Å². The highest BCUT2D eigenvalue weighted by atomic mass is 16.5. The summed E-state index contributed by atoms with van der Waals surface area (Å²) >= 11 is 0. The van der Waals surface area contributed by atoms with Gasteiger partial charge in [0.25, 0.3) is 5.91 Å². The third-order valence-corrected chi connectivity index (χ3v) is 6.07. The number of amides is 1. The molecule has 0 spiro atoms. The highest BCUT2D eigenvalue weighted by Gasteiger charge is 2.42. The number of carbonyl (C=O) groups is 2. The summed E-state index contributed by atoms with van der Waals surface area (Å²) in [6, 6.07) is 8.66. The molecule has 2 aromatic rings. The lowest BCUT2D eigenvalue weighted by atomic mass is 9.86. The number of rotatable bonds is 5. The van der Waals surface area contributed by atoms with Gasteiger partial charge < -0.3 is 19.9 Å². The van der Waals surface area contributed by atoms with Crippen LogP contribution >= 0.6 is 0 Å². The number of ether oxygens (including phenoxy) is 2. The van der Waals surface area contributed by atoms with Gasteiger partial charge >= 0.3 is 5.97 Å². The number of carbonyl (C=O) groups excluding carboxylic acids is 2. The first-order chi connectivity index (χ1) is 14.2. The van der Waals surface area contributed by atoms with Gasteiger partial charge in [-0.2, -0.15) is 0 Å². The van der Waals surface area contributed by atoms with Crippen LogP contribution in [0.2, 0.25) is 0 Å². The maximum atomic E-state index is 13.2. The summed E-state index contributed by atoms with van der Waals surface area (Å²) in [5.74, 6) is 0.0583. The summed E-state index contributed by atoms with van der Waals surface area (Å²) in [7, 11) is 1.31. The predicted molar refractivity (Wildman–Crippen MR) is 114 cm³/mol. The van der Waals surface area contributed by atoms with Gasteiger partial charge in [-0.25, -0.2) is 4.79 Å². The fraction of sp³-hybridized carbons (Fsp3) is 0.417. The SMILES string of the molecule is COC(=O)[C@@H](Cc1ccccc1)NC(=O)[C@]1(C)CCc2c(C)c(O)c(C)c(C)c2O1. The van der Waals surface area contributed by atoms with Crippen LogP contribution in [0.3, 0.4) is 0 Å². The molecule has 0 fully saturated rings. The number of benzene rings is 2. The number of phenols is 1. The predicted octanol–water partition coefficient (Wildman–Crippen LogP) is 3.30. The van der Waals surface area contributed by atoms with Gasteiger partial charge in [0.05, 0.1) is 7.11 Å². The van der Waals surface area contributed by atoms with E-state index in [2.05, 4.69) is 5.32 Å². The lowest BCUT2D eigenvalue weighted by Gasteiger charge is -2.37. The van der Waals surface area contributed by atoms with Gasteiger partial charge in [-0.3, -0.25) is 4.79 Å². The molecule has 0 unspecified atom stereocenters. The van der Waals surface area contributed by atoms with Crippen molar-refractivity contribution in [2.24, 2.45) is 0 Å². The Labute approximate surface area is 177 Å². The minimum absolute atomic E-state index is 0.275. The lowest BCUT2D eigenvalue weighted by Crippen LogP contribution is -2.55. The molecule has 2 atom stereocenters. The second-order valence-corrected chi connectivity index (χ2v) is 8.10. The van der Waals surface area contributed by atoms with Crippen molar-refractivity contribution in [3.05, 3.63) is 58.1 Å². The number of esters is 1. The van der Waals surface area contributed by atoms with Crippen LogP contribution in [0.1, 0.15) is 41.2 Å². The molecule has 1 heterocycles. The van der Waals surface area contributed by atoms with Crippen LogP contribution in [0.15, 0.2) is 30.3 Å². The molecule has 6 nitrogen and oxygen atoms in total. The van der Waals surface area contributed by atoms with Crippen LogP contribution in [0.25, 0.3) is 0 Å². The van der Waals surface area contributed by atoms with Crippen molar-refractivity contribution in [1.29, 1.82) is 0 Å². The van der Waals surface area contributed by atoms with E-state index in [0.29, 0.717) is 25.0 Å². The normalized spacial score (nSPS) is 18.7. The molecule has 0 aliphatic carbocycles. The summed E-state index contributed by atoms with van der Waals surface area (Å²) in [6.45, 7) is 7.31. The Bertz CT molecular complexity index is 970. The van der Waals surface area contributed by atoms with E-state index >= 15 is 0 Å². The van der Waals surface area contributed by atoms with E-state index in [-0.39, 0.29) is 11.7 Å². The Morgan fingerprint density at radius 3 is 2.47 bits per heavy atom. The van der Waals surface area contributed by atoms with Crippen molar-refractivity contribution >= 4 is 11.9 Å². The number of fused-ring (bicyclic) bond motifs is 1. The Morgan fingerprint density at radius 1 is 1.17 bits per heavy atom. The second-order valence-electron chi connectivity index (χ2n) is 8.10. The second kappa shape index (κ2) is 8.38. The van der Waals surface area contributed by atoms with Crippen LogP contribution in [0.4, 0.5) is 0 Å². The average Bonchev–Trinajstić information content (AvgIpc) is 2.75. The van der Waals surface area contributed by atoms with Crippen molar-refractivity contribution in [3.63, 3.8) is 0 Å². The number of methoxy groups -OCH3 is 1. The van der Waals surface area contributed by atoms with Crippen LogP contribution in [0.5, 0.6) is 11.5 Å². The number of nitrogens with one attached hydrogen (secondary N) is 1. The highest BCUT2D eigenvalue weighted by Crippen LogP contribution is 2.43. The van der Waals surface area contributed by atoms with E-state index in [0.717, 1.165) is 27.8 Å². The Kier molecular flexibility index (Phi) is 6.06. The van der Waals surface area contributed by atoms with Crippen molar-refractivity contribution < 1.29 is 24.2 Å². The largest absolute Gasteiger partial charge is 0.507 e. The molecule has 30 heavy (non-hydrogen) atoms.